The van der Waals surface area contributed by atoms with Crippen molar-refractivity contribution in [3.63, 3.8) is 0 Å². The second kappa shape index (κ2) is 4.04. The Kier molecular flexibility index (Phi) is 2.57. The van der Waals surface area contributed by atoms with E-state index in [-0.39, 0.29) is 5.70 Å². The molecule has 0 amide bonds. The lowest BCUT2D eigenvalue weighted by atomic mass is 9.95. The second-order valence-electron chi connectivity index (χ2n) is 3.56. The summed E-state index contributed by atoms with van der Waals surface area (Å²) in [4.78, 5) is 0. The summed E-state index contributed by atoms with van der Waals surface area (Å²) in [6, 6.07) is 1.89. The fourth-order valence-electron chi connectivity index (χ4n) is 1.82. The number of nitriles is 1. The van der Waals surface area contributed by atoms with Crippen LogP contribution in [0.1, 0.15) is 24.0 Å². The molecule has 1 aliphatic carbocycles. The highest BCUT2D eigenvalue weighted by Gasteiger charge is 2.17. The summed E-state index contributed by atoms with van der Waals surface area (Å²) in [5.74, 6) is 2.08. The standard InChI is InChI=1S/C11H11N4/c12-5-11(6-13)15-8-10-4-2-1-3-9(10)7-14-15/h7-8,12H,1-4H2/q+1. The summed E-state index contributed by atoms with van der Waals surface area (Å²) in [7, 11) is 0. The Morgan fingerprint density at radius 1 is 1.40 bits per heavy atom. The summed E-state index contributed by atoms with van der Waals surface area (Å²) < 4.78 is 1.43. The van der Waals surface area contributed by atoms with Crippen LogP contribution in [-0.2, 0) is 12.8 Å². The quantitative estimate of drug-likeness (QED) is 0.414. The number of hydrogen-bond donors (Lipinski definition) is 1. The first kappa shape index (κ1) is 9.57. The first-order chi connectivity index (χ1) is 7.35. The van der Waals surface area contributed by atoms with Crippen molar-refractivity contribution in [3.05, 3.63) is 23.5 Å². The minimum Gasteiger partial charge on any atom is -0.252 e. The normalized spacial score (nSPS) is 13.5. The lowest BCUT2D eigenvalue weighted by molar-refractivity contribution is -0.642. The molecule has 0 bridgehead atoms. The maximum atomic E-state index is 8.75. The summed E-state index contributed by atoms with van der Waals surface area (Å²) in [6.45, 7) is 0. The summed E-state index contributed by atoms with van der Waals surface area (Å²) >= 11 is 0. The fourth-order valence-corrected chi connectivity index (χ4v) is 1.82. The molecular formula is C11H11N4+. The van der Waals surface area contributed by atoms with Crippen molar-refractivity contribution >= 4 is 11.6 Å². The molecule has 0 aliphatic heterocycles. The van der Waals surface area contributed by atoms with E-state index in [9.17, 15) is 0 Å². The van der Waals surface area contributed by atoms with Gasteiger partial charge in [-0.05, 0) is 41.0 Å². The molecule has 1 aromatic heterocycles. The van der Waals surface area contributed by atoms with Gasteiger partial charge in [0.1, 0.15) is 0 Å². The second-order valence-corrected chi connectivity index (χ2v) is 3.56. The van der Waals surface area contributed by atoms with Crippen molar-refractivity contribution in [1.29, 1.82) is 10.7 Å². The molecule has 1 aromatic rings. The van der Waals surface area contributed by atoms with Crippen LogP contribution in [-0.4, -0.2) is 11.0 Å². The predicted molar refractivity (Wildman–Crippen MR) is 54.1 cm³/mol. The molecule has 1 aliphatic rings. The average Bonchev–Trinajstić information content (AvgIpc) is 2.30. The van der Waals surface area contributed by atoms with Gasteiger partial charge in [-0.2, -0.15) is 5.26 Å². The average molecular weight is 199 g/mol. The number of rotatable bonds is 1. The van der Waals surface area contributed by atoms with E-state index >= 15 is 0 Å². The molecule has 1 N–H and O–H groups in total. The Labute approximate surface area is 88.0 Å². The number of fused-ring (bicyclic) bond motifs is 1. The molecule has 2 rings (SSSR count). The zero-order chi connectivity index (χ0) is 10.7. The van der Waals surface area contributed by atoms with Crippen molar-refractivity contribution in [2.45, 2.75) is 25.7 Å². The first-order valence-electron chi connectivity index (χ1n) is 4.95. The van der Waals surface area contributed by atoms with Gasteiger partial charge in [-0.25, -0.2) is 0 Å². The number of nitrogens with zero attached hydrogens (tertiary/aromatic N) is 3. The molecule has 1 heterocycles. The highest BCUT2D eigenvalue weighted by molar-refractivity contribution is 5.80. The van der Waals surface area contributed by atoms with Gasteiger partial charge in [0.15, 0.2) is 6.07 Å². The molecule has 0 radical (unpaired) electrons. The van der Waals surface area contributed by atoms with E-state index in [0.717, 1.165) is 12.8 Å². The topological polar surface area (TPSA) is 64.4 Å². The van der Waals surface area contributed by atoms with Crippen molar-refractivity contribution in [2.75, 3.05) is 0 Å². The molecule has 0 atom stereocenters. The SMILES string of the molecule is N#CC(=C=N)[n+]1cc2c(cn1)CCCC2. The van der Waals surface area contributed by atoms with E-state index in [0.29, 0.717) is 0 Å². The van der Waals surface area contributed by atoms with E-state index in [1.165, 1.54) is 28.7 Å². The number of hydrogen-bond acceptors (Lipinski definition) is 3. The molecule has 0 aromatic carbocycles. The lowest BCUT2D eigenvalue weighted by Gasteiger charge is -2.11. The molecule has 0 spiro atoms. The van der Waals surface area contributed by atoms with Gasteiger partial charge in [-0.1, -0.05) is 0 Å². The van der Waals surface area contributed by atoms with Crippen LogP contribution in [0.2, 0.25) is 0 Å². The Balaban J connectivity index is 2.45. The molecule has 0 fully saturated rings. The van der Waals surface area contributed by atoms with Crippen LogP contribution >= 0.6 is 0 Å². The third kappa shape index (κ3) is 1.78. The number of aryl methyl sites for hydroxylation is 2. The fraction of sp³-hybridized carbons (Fsp3) is 0.364. The van der Waals surface area contributed by atoms with E-state index in [4.69, 9.17) is 10.7 Å². The third-order valence-electron chi connectivity index (χ3n) is 2.62. The third-order valence-corrected chi connectivity index (χ3v) is 2.62. The van der Waals surface area contributed by atoms with Crippen LogP contribution in [0.25, 0.3) is 5.70 Å². The molecule has 74 valence electrons. The van der Waals surface area contributed by atoms with Crippen LogP contribution in [0.15, 0.2) is 12.4 Å². The van der Waals surface area contributed by atoms with E-state index in [1.807, 2.05) is 12.3 Å². The zero-order valence-corrected chi connectivity index (χ0v) is 8.32. The Hall–Kier alpha value is -1.98. The van der Waals surface area contributed by atoms with Gasteiger partial charge in [0.2, 0.25) is 6.20 Å². The van der Waals surface area contributed by atoms with Gasteiger partial charge in [0.25, 0.3) is 0 Å². The van der Waals surface area contributed by atoms with Crippen LogP contribution in [0.4, 0.5) is 0 Å². The number of nitrogens with one attached hydrogen (secondary N) is 1. The molecule has 4 heteroatoms. The lowest BCUT2D eigenvalue weighted by Crippen LogP contribution is -2.37. The van der Waals surface area contributed by atoms with Crippen molar-refractivity contribution in [2.24, 2.45) is 0 Å². The highest BCUT2D eigenvalue weighted by atomic mass is 15.3. The van der Waals surface area contributed by atoms with E-state index in [1.54, 1.807) is 6.20 Å². The Morgan fingerprint density at radius 3 is 2.80 bits per heavy atom. The molecule has 0 unspecified atom stereocenters. The van der Waals surface area contributed by atoms with Crippen LogP contribution in [0, 0.1) is 16.7 Å². The summed E-state index contributed by atoms with van der Waals surface area (Å²) in [5.41, 5.74) is 2.63. The van der Waals surface area contributed by atoms with Crippen molar-refractivity contribution in [3.8, 4) is 6.07 Å². The summed E-state index contributed by atoms with van der Waals surface area (Å²) in [5, 5.41) is 19.8. The summed E-state index contributed by atoms with van der Waals surface area (Å²) in [6.07, 6.45) is 8.14. The van der Waals surface area contributed by atoms with Gasteiger partial charge >= 0.3 is 5.70 Å². The highest BCUT2D eigenvalue weighted by Crippen LogP contribution is 2.18. The largest absolute Gasteiger partial charge is 0.376 e. The molecule has 0 saturated heterocycles. The molecule has 4 nitrogen and oxygen atoms in total. The first-order valence-corrected chi connectivity index (χ1v) is 4.95. The predicted octanol–water partition coefficient (Wildman–Crippen LogP) is 0.861. The van der Waals surface area contributed by atoms with Gasteiger partial charge in [-0.3, -0.25) is 5.41 Å². The van der Waals surface area contributed by atoms with E-state index < -0.39 is 0 Å². The maximum absolute atomic E-state index is 8.75. The van der Waals surface area contributed by atoms with Crippen molar-refractivity contribution < 1.29 is 4.68 Å². The van der Waals surface area contributed by atoms with Crippen LogP contribution in [0.5, 0.6) is 0 Å². The van der Waals surface area contributed by atoms with Gasteiger partial charge < -0.3 is 0 Å². The maximum Gasteiger partial charge on any atom is 0.376 e. The van der Waals surface area contributed by atoms with Gasteiger partial charge in [-0.15, -0.1) is 0 Å². The molecule has 15 heavy (non-hydrogen) atoms. The smallest absolute Gasteiger partial charge is 0.252 e. The number of allylic oxidation sites excluding steroid dienone is 1. The Bertz CT molecular complexity index is 478. The monoisotopic (exact) mass is 199 g/mol. The van der Waals surface area contributed by atoms with Crippen LogP contribution < -0.4 is 4.68 Å². The number of aromatic nitrogens is 2. The van der Waals surface area contributed by atoms with E-state index in [2.05, 4.69) is 11.0 Å². The minimum absolute atomic E-state index is 0.128. The Morgan fingerprint density at radius 2 is 2.13 bits per heavy atom. The molecule has 0 saturated carbocycles. The van der Waals surface area contributed by atoms with Gasteiger partial charge in [0, 0.05) is 5.56 Å². The zero-order valence-electron chi connectivity index (χ0n) is 8.32. The van der Waals surface area contributed by atoms with Crippen LogP contribution in [0.3, 0.4) is 0 Å². The molecular weight excluding hydrogens is 188 g/mol. The van der Waals surface area contributed by atoms with Crippen molar-refractivity contribution in [1.82, 2.24) is 5.10 Å². The van der Waals surface area contributed by atoms with Gasteiger partial charge in [0.05, 0.1) is 12.1 Å². The minimum atomic E-state index is 0.128.